The summed E-state index contributed by atoms with van der Waals surface area (Å²) in [7, 11) is 0. The van der Waals surface area contributed by atoms with Gasteiger partial charge in [-0.05, 0) is 11.6 Å². The molecule has 2 heterocycles. The monoisotopic (exact) mass is 280 g/mol. The van der Waals surface area contributed by atoms with Crippen molar-refractivity contribution in [2.24, 2.45) is 0 Å². The van der Waals surface area contributed by atoms with E-state index in [-0.39, 0.29) is 11.3 Å². The van der Waals surface area contributed by atoms with E-state index in [0.717, 1.165) is 11.1 Å². The SMILES string of the molecule is Nc1cc(C(=O)O)cnc1-n1cc(-c2ccccc2)cn1. The number of aromatic carboxylic acids is 1. The van der Waals surface area contributed by atoms with Gasteiger partial charge in [0.05, 0.1) is 17.4 Å². The molecule has 6 heteroatoms. The average Bonchev–Trinajstić information content (AvgIpc) is 2.97. The summed E-state index contributed by atoms with van der Waals surface area (Å²) in [4.78, 5) is 14.9. The first-order valence-corrected chi connectivity index (χ1v) is 6.24. The number of pyridine rings is 1. The number of nitrogens with two attached hydrogens (primary N) is 1. The summed E-state index contributed by atoms with van der Waals surface area (Å²) in [5.74, 6) is -0.659. The third kappa shape index (κ3) is 2.46. The molecule has 104 valence electrons. The number of nitrogen functional groups attached to an aromatic ring is 1. The predicted molar refractivity (Wildman–Crippen MR) is 78.2 cm³/mol. The number of hydrogen-bond donors (Lipinski definition) is 2. The Morgan fingerprint density at radius 3 is 2.57 bits per heavy atom. The lowest BCUT2D eigenvalue weighted by Crippen LogP contribution is -2.06. The molecular formula is C15H12N4O2. The second-order valence-corrected chi connectivity index (χ2v) is 4.48. The Labute approximate surface area is 120 Å². The van der Waals surface area contributed by atoms with Crippen molar-refractivity contribution in [1.29, 1.82) is 0 Å². The number of benzene rings is 1. The maximum Gasteiger partial charge on any atom is 0.337 e. The van der Waals surface area contributed by atoms with Crippen LogP contribution in [0.25, 0.3) is 16.9 Å². The van der Waals surface area contributed by atoms with Gasteiger partial charge in [0, 0.05) is 18.0 Å². The van der Waals surface area contributed by atoms with E-state index >= 15 is 0 Å². The molecule has 0 saturated carbocycles. The Morgan fingerprint density at radius 1 is 1.14 bits per heavy atom. The van der Waals surface area contributed by atoms with Crippen LogP contribution in [-0.2, 0) is 0 Å². The Bertz CT molecular complexity index is 796. The molecule has 0 spiro atoms. The van der Waals surface area contributed by atoms with E-state index < -0.39 is 5.97 Å². The van der Waals surface area contributed by atoms with E-state index in [0.29, 0.717) is 5.82 Å². The molecule has 0 aliphatic rings. The van der Waals surface area contributed by atoms with Crippen LogP contribution in [0.4, 0.5) is 5.69 Å². The highest BCUT2D eigenvalue weighted by Crippen LogP contribution is 2.21. The van der Waals surface area contributed by atoms with E-state index in [2.05, 4.69) is 10.1 Å². The van der Waals surface area contributed by atoms with Crippen LogP contribution in [0, 0.1) is 0 Å². The largest absolute Gasteiger partial charge is 0.478 e. The molecule has 21 heavy (non-hydrogen) atoms. The van der Waals surface area contributed by atoms with Crippen molar-refractivity contribution >= 4 is 11.7 Å². The maximum atomic E-state index is 10.9. The normalized spacial score (nSPS) is 10.5. The van der Waals surface area contributed by atoms with Gasteiger partial charge in [0.1, 0.15) is 0 Å². The van der Waals surface area contributed by atoms with Crippen molar-refractivity contribution in [3.8, 4) is 16.9 Å². The fraction of sp³-hybridized carbons (Fsp3) is 0. The third-order valence-corrected chi connectivity index (χ3v) is 3.05. The van der Waals surface area contributed by atoms with Gasteiger partial charge in [-0.2, -0.15) is 5.10 Å². The minimum atomic E-state index is -1.06. The first-order valence-electron chi connectivity index (χ1n) is 6.24. The molecule has 3 N–H and O–H groups in total. The lowest BCUT2D eigenvalue weighted by atomic mass is 10.1. The molecule has 0 atom stereocenters. The van der Waals surface area contributed by atoms with Gasteiger partial charge in [0.25, 0.3) is 0 Å². The molecule has 0 fully saturated rings. The Morgan fingerprint density at radius 2 is 1.90 bits per heavy atom. The van der Waals surface area contributed by atoms with E-state index in [1.807, 2.05) is 30.3 Å². The van der Waals surface area contributed by atoms with E-state index in [9.17, 15) is 4.79 Å². The van der Waals surface area contributed by atoms with Gasteiger partial charge >= 0.3 is 5.97 Å². The fourth-order valence-corrected chi connectivity index (χ4v) is 2.00. The van der Waals surface area contributed by atoms with Crippen molar-refractivity contribution in [3.05, 3.63) is 60.6 Å². The zero-order chi connectivity index (χ0) is 14.8. The molecule has 0 bridgehead atoms. The van der Waals surface area contributed by atoms with Crippen LogP contribution in [0.2, 0.25) is 0 Å². The number of carbonyl (C=O) groups is 1. The molecular weight excluding hydrogens is 268 g/mol. The zero-order valence-corrected chi connectivity index (χ0v) is 11.0. The average molecular weight is 280 g/mol. The van der Waals surface area contributed by atoms with Crippen molar-refractivity contribution < 1.29 is 9.90 Å². The van der Waals surface area contributed by atoms with Gasteiger partial charge < -0.3 is 10.8 Å². The number of hydrogen-bond acceptors (Lipinski definition) is 4. The van der Waals surface area contributed by atoms with Gasteiger partial charge in [0.2, 0.25) is 0 Å². The molecule has 3 rings (SSSR count). The highest BCUT2D eigenvalue weighted by atomic mass is 16.4. The first-order chi connectivity index (χ1) is 10.1. The summed E-state index contributed by atoms with van der Waals surface area (Å²) in [6.07, 6.45) is 4.77. The van der Waals surface area contributed by atoms with Crippen LogP contribution in [-0.4, -0.2) is 25.8 Å². The number of rotatable bonds is 3. The molecule has 0 aliphatic carbocycles. The molecule has 0 unspecified atom stereocenters. The van der Waals surface area contributed by atoms with E-state index in [1.54, 1.807) is 12.4 Å². The zero-order valence-electron chi connectivity index (χ0n) is 11.0. The quantitative estimate of drug-likeness (QED) is 0.767. The van der Waals surface area contributed by atoms with Gasteiger partial charge in [0.15, 0.2) is 5.82 Å². The van der Waals surface area contributed by atoms with Gasteiger partial charge in [-0.3, -0.25) is 0 Å². The molecule has 0 amide bonds. The number of carboxylic acid groups (broad SMARTS) is 1. The summed E-state index contributed by atoms with van der Waals surface area (Å²) in [5.41, 5.74) is 8.12. The summed E-state index contributed by atoms with van der Waals surface area (Å²) >= 11 is 0. The summed E-state index contributed by atoms with van der Waals surface area (Å²) in [5, 5.41) is 13.1. The minimum absolute atomic E-state index is 0.0479. The van der Waals surface area contributed by atoms with Crippen LogP contribution >= 0.6 is 0 Å². The second-order valence-electron chi connectivity index (χ2n) is 4.48. The van der Waals surface area contributed by atoms with Crippen molar-refractivity contribution in [2.75, 3.05) is 5.73 Å². The summed E-state index contributed by atoms with van der Waals surface area (Å²) in [6.45, 7) is 0. The third-order valence-electron chi connectivity index (χ3n) is 3.05. The molecule has 3 aromatic rings. The maximum absolute atomic E-state index is 10.9. The van der Waals surface area contributed by atoms with Crippen molar-refractivity contribution in [1.82, 2.24) is 14.8 Å². The lowest BCUT2D eigenvalue weighted by molar-refractivity contribution is 0.0696. The van der Waals surface area contributed by atoms with Crippen molar-refractivity contribution in [3.63, 3.8) is 0 Å². The van der Waals surface area contributed by atoms with Crippen LogP contribution in [0.1, 0.15) is 10.4 Å². The minimum Gasteiger partial charge on any atom is -0.478 e. The van der Waals surface area contributed by atoms with Crippen LogP contribution in [0.5, 0.6) is 0 Å². The van der Waals surface area contributed by atoms with E-state index in [1.165, 1.54) is 16.9 Å². The smallest absolute Gasteiger partial charge is 0.337 e. The van der Waals surface area contributed by atoms with Crippen LogP contribution in [0.15, 0.2) is 55.0 Å². The number of aromatic nitrogens is 3. The Hall–Kier alpha value is -3.15. The lowest BCUT2D eigenvalue weighted by Gasteiger charge is -2.05. The van der Waals surface area contributed by atoms with Crippen LogP contribution < -0.4 is 5.73 Å². The molecule has 1 aromatic carbocycles. The van der Waals surface area contributed by atoms with Gasteiger partial charge in [-0.25, -0.2) is 14.5 Å². The number of carboxylic acids is 1. The Balaban J connectivity index is 1.99. The standard InChI is InChI=1S/C15H12N4O2/c16-13-6-11(15(20)21)7-17-14(13)19-9-12(8-18-19)10-4-2-1-3-5-10/h1-9H,16H2,(H,20,21). The fourth-order valence-electron chi connectivity index (χ4n) is 2.00. The molecule has 0 saturated heterocycles. The van der Waals surface area contributed by atoms with Crippen molar-refractivity contribution in [2.45, 2.75) is 0 Å². The topological polar surface area (TPSA) is 94.0 Å². The predicted octanol–water partition coefficient (Wildman–Crippen LogP) is 2.21. The molecule has 0 radical (unpaired) electrons. The summed E-state index contributed by atoms with van der Waals surface area (Å²) in [6, 6.07) is 11.2. The van der Waals surface area contributed by atoms with Crippen LogP contribution in [0.3, 0.4) is 0 Å². The van der Waals surface area contributed by atoms with E-state index in [4.69, 9.17) is 10.8 Å². The summed E-state index contributed by atoms with van der Waals surface area (Å²) < 4.78 is 1.53. The second kappa shape index (κ2) is 5.09. The van der Waals surface area contributed by atoms with Gasteiger partial charge in [-0.1, -0.05) is 30.3 Å². The number of anilines is 1. The van der Waals surface area contributed by atoms with Gasteiger partial charge in [-0.15, -0.1) is 0 Å². The number of nitrogens with zero attached hydrogens (tertiary/aromatic N) is 3. The first kappa shape index (κ1) is 12.9. The molecule has 0 aliphatic heterocycles. The molecule has 6 nitrogen and oxygen atoms in total. The Kier molecular flexibility index (Phi) is 3.12. The molecule has 2 aromatic heterocycles. The highest BCUT2D eigenvalue weighted by Gasteiger charge is 2.10. The highest BCUT2D eigenvalue weighted by molar-refractivity contribution is 5.88.